The minimum atomic E-state index is -1.18. The van der Waals surface area contributed by atoms with Gasteiger partial charge >= 0.3 is 12.1 Å². The normalized spacial score (nSPS) is 20.7. The van der Waals surface area contributed by atoms with E-state index in [9.17, 15) is 19.2 Å². The van der Waals surface area contributed by atoms with Crippen molar-refractivity contribution in [3.8, 4) is 11.3 Å². The predicted octanol–water partition coefficient (Wildman–Crippen LogP) is 6.76. The quantitative estimate of drug-likeness (QED) is 0.154. The fourth-order valence-corrected chi connectivity index (χ4v) is 9.52. The lowest BCUT2D eigenvalue weighted by Crippen LogP contribution is -2.62. The average molecular weight is 949 g/mol. The van der Waals surface area contributed by atoms with Crippen LogP contribution in [-0.2, 0) is 52.7 Å². The van der Waals surface area contributed by atoms with E-state index in [0.29, 0.717) is 74.0 Å². The van der Waals surface area contributed by atoms with Gasteiger partial charge in [0.2, 0.25) is 5.91 Å². The number of carbonyl (C=O) groups excluding carboxylic acids is 4. The summed E-state index contributed by atoms with van der Waals surface area (Å²) in [5, 5.41) is 7.29. The number of amides is 3. The predicted molar refractivity (Wildman–Crippen MR) is 258 cm³/mol. The molecule has 0 unspecified atom stereocenters. The van der Waals surface area contributed by atoms with E-state index in [0.717, 1.165) is 22.3 Å². The van der Waals surface area contributed by atoms with Gasteiger partial charge < -0.3 is 33.7 Å². The number of carbonyl (C=O) groups is 4. The van der Waals surface area contributed by atoms with Crippen LogP contribution in [0.5, 0.6) is 0 Å². The molecule has 4 atom stereocenters. The molecule has 6 rings (SSSR count). The third-order valence-corrected chi connectivity index (χ3v) is 13.1. The Kier molecular flexibility index (Phi) is 16.4. The summed E-state index contributed by atoms with van der Waals surface area (Å²) >= 11 is 1.24. The lowest BCUT2D eigenvalue weighted by molar-refractivity contribution is -0.155. The number of benzene rings is 1. The summed E-state index contributed by atoms with van der Waals surface area (Å²) < 4.78 is 41.7. The number of hydrazine groups is 1. The van der Waals surface area contributed by atoms with Crippen LogP contribution in [-0.4, -0.2) is 138 Å². The fraction of sp³-hybridized carbons (Fsp3) is 0.592. The zero-order chi connectivity index (χ0) is 49.0. The number of rotatable bonds is 11. The van der Waals surface area contributed by atoms with Gasteiger partial charge in [-0.1, -0.05) is 34.3 Å². The van der Waals surface area contributed by atoms with Crippen molar-refractivity contribution in [2.24, 2.45) is 16.3 Å². The van der Waals surface area contributed by atoms with Crippen molar-refractivity contribution in [3.63, 3.8) is 0 Å². The first-order chi connectivity index (χ1) is 31.6. The SMILES string of the molecule is C=C(C=N/C(=C/c1c2c3cc(c(F)cc3n1CC)-c1csc(n1)C[C@H](NC(=O)[C@H](C(C)C)N(C)C(=O)OC(C)(C)C)C(=O)N1CCC[C@H](N1)C(=O)OCC(C)(C)C2)[C@H](C)OC)N1CCOCC1. The number of nitrogens with one attached hydrogen (secondary N) is 2. The topological polar surface area (TPSA) is 169 Å². The highest BCUT2D eigenvalue weighted by molar-refractivity contribution is 7.10. The van der Waals surface area contributed by atoms with E-state index in [1.165, 1.54) is 34.4 Å². The number of allylic oxidation sites excluding steroid dienone is 1. The Morgan fingerprint density at radius 2 is 1.90 bits per heavy atom. The number of esters is 1. The highest BCUT2D eigenvalue weighted by atomic mass is 32.1. The van der Waals surface area contributed by atoms with Crippen LogP contribution in [0.25, 0.3) is 28.2 Å². The molecule has 2 fully saturated rings. The van der Waals surface area contributed by atoms with Crippen molar-refractivity contribution in [1.82, 2.24) is 35.1 Å². The molecular formula is C49H69FN8O8S. The minimum absolute atomic E-state index is 0.0444. The van der Waals surface area contributed by atoms with Gasteiger partial charge in [-0.05, 0) is 83.6 Å². The number of aliphatic imine (C=N–C) groups is 1. The Labute approximate surface area is 397 Å². The average Bonchev–Trinajstić information content (AvgIpc) is 3.85. The van der Waals surface area contributed by atoms with Gasteiger partial charge in [-0.2, -0.15) is 0 Å². The molecule has 5 heterocycles. The zero-order valence-corrected chi connectivity index (χ0v) is 41.8. The molecule has 0 aliphatic carbocycles. The molecule has 1 aromatic carbocycles. The number of aromatic nitrogens is 2. The fourth-order valence-electron chi connectivity index (χ4n) is 8.68. The number of thiazole rings is 1. The van der Waals surface area contributed by atoms with Gasteiger partial charge in [0.25, 0.3) is 5.91 Å². The Balaban J connectivity index is 1.45. The Bertz CT molecular complexity index is 2380. The first-order valence-electron chi connectivity index (χ1n) is 23.2. The largest absolute Gasteiger partial charge is 0.464 e. The van der Waals surface area contributed by atoms with Gasteiger partial charge in [-0.25, -0.2) is 19.6 Å². The molecule has 6 bridgehead atoms. The summed E-state index contributed by atoms with van der Waals surface area (Å²) in [6, 6.07) is 0.349. The molecule has 0 radical (unpaired) electrons. The summed E-state index contributed by atoms with van der Waals surface area (Å²) in [4.78, 5) is 69.0. The molecule has 366 valence electrons. The third-order valence-electron chi connectivity index (χ3n) is 12.3. The summed E-state index contributed by atoms with van der Waals surface area (Å²) in [5.74, 6) is -2.43. The molecule has 2 saturated heterocycles. The van der Waals surface area contributed by atoms with Gasteiger partial charge in [0.05, 0.1) is 47.8 Å². The van der Waals surface area contributed by atoms with Gasteiger partial charge in [0.15, 0.2) is 0 Å². The number of halogens is 1. The zero-order valence-electron chi connectivity index (χ0n) is 41.0. The van der Waals surface area contributed by atoms with Crippen LogP contribution in [0, 0.1) is 17.2 Å². The number of fused-ring (bicyclic) bond motifs is 6. The number of nitrogens with zero attached hydrogens (tertiary/aromatic N) is 6. The lowest BCUT2D eigenvalue weighted by atomic mass is 9.85. The van der Waals surface area contributed by atoms with Crippen molar-refractivity contribution < 1.29 is 42.5 Å². The number of cyclic esters (lactones) is 1. The number of ether oxygens (including phenoxy) is 4. The van der Waals surface area contributed by atoms with E-state index in [1.807, 2.05) is 39.8 Å². The molecule has 3 amide bonds. The molecule has 2 aromatic heterocycles. The van der Waals surface area contributed by atoms with Crippen LogP contribution in [0.15, 0.2) is 40.5 Å². The van der Waals surface area contributed by atoms with Crippen molar-refractivity contribution >= 4 is 58.4 Å². The molecule has 3 aliphatic heterocycles. The van der Waals surface area contributed by atoms with E-state index in [1.54, 1.807) is 53.3 Å². The number of methoxy groups -OCH3 is 1. The van der Waals surface area contributed by atoms with Gasteiger partial charge in [-0.15, -0.1) is 11.3 Å². The molecular weight excluding hydrogens is 880 g/mol. The number of likely N-dealkylation sites (N-methyl/N-ethyl adjacent to an activating group) is 1. The van der Waals surface area contributed by atoms with Crippen LogP contribution < -0.4 is 10.7 Å². The van der Waals surface area contributed by atoms with Crippen LogP contribution in [0.1, 0.15) is 91.4 Å². The number of morpholine rings is 1. The van der Waals surface area contributed by atoms with Gasteiger partial charge in [0.1, 0.15) is 29.5 Å². The number of aryl methyl sites for hydroxylation is 1. The maximum absolute atomic E-state index is 16.7. The maximum atomic E-state index is 16.7. The monoisotopic (exact) mass is 948 g/mol. The van der Waals surface area contributed by atoms with Crippen LogP contribution in [0.2, 0.25) is 0 Å². The first-order valence-corrected chi connectivity index (χ1v) is 24.1. The van der Waals surface area contributed by atoms with E-state index < -0.39 is 64.9 Å². The Morgan fingerprint density at radius 3 is 2.55 bits per heavy atom. The van der Waals surface area contributed by atoms with E-state index >= 15 is 4.39 Å². The van der Waals surface area contributed by atoms with Crippen molar-refractivity contribution in [1.29, 1.82) is 0 Å². The van der Waals surface area contributed by atoms with E-state index in [-0.39, 0.29) is 31.1 Å². The molecule has 3 aliphatic rings. The summed E-state index contributed by atoms with van der Waals surface area (Å²) in [5.41, 5.74) is 6.08. The minimum Gasteiger partial charge on any atom is -0.464 e. The number of hydrogen-bond acceptors (Lipinski definition) is 13. The molecule has 2 N–H and O–H groups in total. The number of hydrogen-bond donors (Lipinski definition) is 2. The van der Waals surface area contributed by atoms with E-state index in [4.69, 9.17) is 28.9 Å². The van der Waals surface area contributed by atoms with Gasteiger partial charge in [-0.3, -0.25) is 29.3 Å². The van der Waals surface area contributed by atoms with Crippen molar-refractivity contribution in [2.45, 2.75) is 124 Å². The summed E-state index contributed by atoms with van der Waals surface area (Å²) in [7, 11) is 3.12. The molecule has 0 spiro atoms. The van der Waals surface area contributed by atoms with Crippen LogP contribution in [0.3, 0.4) is 0 Å². The second-order valence-electron chi connectivity index (χ2n) is 19.7. The standard InChI is InChI=1S/C49H69FN8O8S/c1-13-57-40-22-35(50)33-21-32(40)34(41(57)23-37(31(5)63-12)51-26-30(4)56-17-19-64-20-18-56)25-49(9,10)28-65-46(61)36-15-14-16-58(54-36)45(60)38(24-42-52-39(33)27-67-42)53-44(59)43(29(2)3)55(11)47(62)66-48(6,7)8/h21-23,26-27,29,31,36,38,43,54H,4,13-20,24-25,28H2,1-3,5-12H3,(H,53,59)/b37-23+,51-26?/t31-,36-,38-,43-/m0/s1. The lowest BCUT2D eigenvalue weighted by Gasteiger charge is -2.36. The second kappa shape index (κ2) is 21.4. The van der Waals surface area contributed by atoms with Crippen LogP contribution >= 0.6 is 11.3 Å². The molecule has 0 saturated carbocycles. The van der Waals surface area contributed by atoms with Crippen LogP contribution in [0.4, 0.5) is 9.18 Å². The summed E-state index contributed by atoms with van der Waals surface area (Å²) in [6.45, 7) is 24.5. The Hall–Kier alpha value is -5.17. The highest BCUT2D eigenvalue weighted by Gasteiger charge is 2.39. The molecule has 16 nitrogen and oxygen atoms in total. The second-order valence-corrected chi connectivity index (χ2v) is 20.6. The summed E-state index contributed by atoms with van der Waals surface area (Å²) in [6.07, 6.45) is 3.95. The Morgan fingerprint density at radius 1 is 1.18 bits per heavy atom. The molecule has 3 aromatic rings. The van der Waals surface area contributed by atoms with Gasteiger partial charge in [0, 0.05) is 86.1 Å². The first kappa shape index (κ1) is 51.2. The van der Waals surface area contributed by atoms with E-state index in [2.05, 4.69) is 26.8 Å². The maximum Gasteiger partial charge on any atom is 0.410 e. The highest BCUT2D eigenvalue weighted by Crippen LogP contribution is 2.38. The van der Waals surface area contributed by atoms with Crippen molar-refractivity contribution in [2.75, 3.05) is 53.6 Å². The molecule has 67 heavy (non-hydrogen) atoms. The molecule has 18 heteroatoms. The van der Waals surface area contributed by atoms with Crippen molar-refractivity contribution in [3.05, 3.63) is 57.6 Å². The smallest absolute Gasteiger partial charge is 0.410 e. The third kappa shape index (κ3) is 12.3.